The lowest BCUT2D eigenvalue weighted by molar-refractivity contribution is 0.102. The van der Waals surface area contributed by atoms with Gasteiger partial charge in [0.15, 0.2) is 23.1 Å². The van der Waals surface area contributed by atoms with Crippen LogP contribution in [0.15, 0.2) is 55.0 Å². The molecule has 170 valence electrons. The maximum absolute atomic E-state index is 13.6. The molecule has 8 nitrogen and oxygen atoms in total. The Labute approximate surface area is 192 Å². The third kappa shape index (κ3) is 3.68. The van der Waals surface area contributed by atoms with Crippen molar-refractivity contribution in [3.05, 3.63) is 89.0 Å². The number of aromatic nitrogens is 6. The van der Waals surface area contributed by atoms with Crippen LogP contribution in [0.4, 0.5) is 14.6 Å². The first-order valence-electron chi connectivity index (χ1n) is 10.4. The second kappa shape index (κ2) is 8.14. The SMILES string of the molecule is Cc1ccc(-n2ncc3c(-n4nc(C)cc4NC(=O)c4ccc(F)c(F)c4)ncnc32)c(C)c1. The summed E-state index contributed by atoms with van der Waals surface area (Å²) in [6, 6.07) is 10.6. The smallest absolute Gasteiger partial charge is 0.256 e. The Hall–Kier alpha value is -4.47. The molecule has 10 heteroatoms. The highest BCUT2D eigenvalue weighted by atomic mass is 19.2. The average molecular weight is 459 g/mol. The quantitative estimate of drug-likeness (QED) is 0.429. The third-order valence-electron chi connectivity index (χ3n) is 5.38. The minimum atomic E-state index is -1.10. The second-order valence-electron chi connectivity index (χ2n) is 7.95. The summed E-state index contributed by atoms with van der Waals surface area (Å²) in [5, 5.41) is 12.3. The lowest BCUT2D eigenvalue weighted by Gasteiger charge is -2.10. The van der Waals surface area contributed by atoms with Gasteiger partial charge in [-0.05, 0) is 50.6 Å². The van der Waals surface area contributed by atoms with Crippen LogP contribution in [0.2, 0.25) is 0 Å². The summed E-state index contributed by atoms with van der Waals surface area (Å²) in [7, 11) is 0. The van der Waals surface area contributed by atoms with Crippen molar-refractivity contribution in [1.82, 2.24) is 29.5 Å². The van der Waals surface area contributed by atoms with E-state index in [0.29, 0.717) is 28.4 Å². The molecular formula is C24H19F2N7O. The van der Waals surface area contributed by atoms with Crippen molar-refractivity contribution in [2.45, 2.75) is 20.8 Å². The zero-order valence-electron chi connectivity index (χ0n) is 18.5. The van der Waals surface area contributed by atoms with Gasteiger partial charge in [0.25, 0.3) is 5.91 Å². The summed E-state index contributed by atoms with van der Waals surface area (Å²) in [5.74, 6) is -2.02. The number of rotatable bonds is 4. The summed E-state index contributed by atoms with van der Waals surface area (Å²) in [4.78, 5) is 21.5. The summed E-state index contributed by atoms with van der Waals surface area (Å²) >= 11 is 0. The van der Waals surface area contributed by atoms with Crippen LogP contribution in [0, 0.1) is 32.4 Å². The molecule has 0 saturated heterocycles. The van der Waals surface area contributed by atoms with Gasteiger partial charge in [0.05, 0.1) is 23.0 Å². The van der Waals surface area contributed by atoms with Crippen molar-refractivity contribution in [1.29, 1.82) is 0 Å². The van der Waals surface area contributed by atoms with Crippen molar-refractivity contribution in [2.24, 2.45) is 0 Å². The highest BCUT2D eigenvalue weighted by molar-refractivity contribution is 6.04. The van der Waals surface area contributed by atoms with Crippen LogP contribution in [0.1, 0.15) is 27.2 Å². The lowest BCUT2D eigenvalue weighted by Crippen LogP contribution is -2.16. The predicted molar refractivity (Wildman–Crippen MR) is 122 cm³/mol. The predicted octanol–water partition coefficient (Wildman–Crippen LogP) is 4.46. The molecule has 1 N–H and O–H groups in total. The van der Waals surface area contributed by atoms with E-state index >= 15 is 0 Å². The van der Waals surface area contributed by atoms with E-state index in [4.69, 9.17) is 0 Å². The van der Waals surface area contributed by atoms with Gasteiger partial charge < -0.3 is 5.32 Å². The number of anilines is 1. The molecule has 0 aliphatic heterocycles. The molecule has 0 bridgehead atoms. The molecule has 0 fully saturated rings. The zero-order chi connectivity index (χ0) is 24.0. The first-order valence-corrected chi connectivity index (χ1v) is 10.4. The number of aryl methyl sites for hydroxylation is 3. The van der Waals surface area contributed by atoms with Crippen molar-refractivity contribution in [2.75, 3.05) is 5.32 Å². The first kappa shape index (κ1) is 21.4. The number of nitrogens with zero attached hydrogens (tertiary/aromatic N) is 6. The maximum Gasteiger partial charge on any atom is 0.256 e. The fourth-order valence-electron chi connectivity index (χ4n) is 3.80. The number of hydrogen-bond acceptors (Lipinski definition) is 5. The van der Waals surface area contributed by atoms with E-state index in [1.54, 1.807) is 23.9 Å². The van der Waals surface area contributed by atoms with Gasteiger partial charge in [-0.2, -0.15) is 14.9 Å². The number of carbonyl (C=O) groups is 1. The summed E-state index contributed by atoms with van der Waals surface area (Å²) in [6.45, 7) is 5.79. The summed E-state index contributed by atoms with van der Waals surface area (Å²) in [6.07, 6.45) is 3.04. The first-order chi connectivity index (χ1) is 16.3. The number of fused-ring (bicyclic) bond motifs is 1. The van der Waals surface area contributed by atoms with Gasteiger partial charge in [0, 0.05) is 11.6 Å². The molecule has 0 spiro atoms. The molecule has 0 radical (unpaired) electrons. The molecule has 3 heterocycles. The Morgan fingerprint density at radius 3 is 2.53 bits per heavy atom. The monoisotopic (exact) mass is 459 g/mol. The third-order valence-corrected chi connectivity index (χ3v) is 5.38. The number of carbonyl (C=O) groups excluding carboxylic acids is 1. The van der Waals surface area contributed by atoms with Crippen LogP contribution < -0.4 is 5.32 Å². The Morgan fingerprint density at radius 1 is 0.941 bits per heavy atom. The van der Waals surface area contributed by atoms with E-state index in [2.05, 4.69) is 31.5 Å². The van der Waals surface area contributed by atoms with Crippen LogP contribution in [-0.4, -0.2) is 35.4 Å². The molecule has 34 heavy (non-hydrogen) atoms. The van der Waals surface area contributed by atoms with Crippen LogP contribution in [0.5, 0.6) is 0 Å². The molecule has 0 saturated carbocycles. The Kier molecular flexibility index (Phi) is 5.12. The number of amides is 1. The van der Waals surface area contributed by atoms with Gasteiger partial charge in [0.1, 0.15) is 12.1 Å². The fourth-order valence-corrected chi connectivity index (χ4v) is 3.80. The molecule has 0 aliphatic carbocycles. The topological polar surface area (TPSA) is 90.5 Å². The normalized spacial score (nSPS) is 11.2. The van der Waals surface area contributed by atoms with E-state index in [1.165, 1.54) is 17.1 Å². The van der Waals surface area contributed by atoms with E-state index in [0.717, 1.165) is 28.9 Å². The molecule has 0 aliphatic rings. The minimum Gasteiger partial charge on any atom is -0.306 e. The van der Waals surface area contributed by atoms with E-state index in [-0.39, 0.29) is 5.56 Å². The summed E-state index contributed by atoms with van der Waals surface area (Å²) in [5.41, 5.74) is 4.23. The number of hydrogen-bond donors (Lipinski definition) is 1. The number of benzene rings is 2. The molecule has 5 rings (SSSR count). The minimum absolute atomic E-state index is 0.0280. The average Bonchev–Trinajstić information content (AvgIpc) is 3.39. The molecule has 0 unspecified atom stereocenters. The number of nitrogens with one attached hydrogen (secondary N) is 1. The Balaban J connectivity index is 1.57. The van der Waals surface area contributed by atoms with Gasteiger partial charge >= 0.3 is 0 Å². The molecule has 2 aromatic carbocycles. The van der Waals surface area contributed by atoms with Gasteiger partial charge in [-0.15, -0.1) is 0 Å². The Bertz CT molecular complexity index is 1570. The largest absolute Gasteiger partial charge is 0.306 e. The van der Waals surface area contributed by atoms with Crippen molar-refractivity contribution < 1.29 is 13.6 Å². The van der Waals surface area contributed by atoms with Gasteiger partial charge in [-0.3, -0.25) is 4.79 Å². The molecule has 3 aromatic heterocycles. The van der Waals surface area contributed by atoms with Crippen LogP contribution in [-0.2, 0) is 0 Å². The van der Waals surface area contributed by atoms with Gasteiger partial charge in [-0.1, -0.05) is 17.7 Å². The van der Waals surface area contributed by atoms with E-state index in [9.17, 15) is 13.6 Å². The van der Waals surface area contributed by atoms with Gasteiger partial charge in [0.2, 0.25) is 0 Å². The van der Waals surface area contributed by atoms with Crippen molar-refractivity contribution in [3.63, 3.8) is 0 Å². The summed E-state index contributed by atoms with van der Waals surface area (Å²) < 4.78 is 30.0. The Morgan fingerprint density at radius 2 is 1.76 bits per heavy atom. The highest BCUT2D eigenvalue weighted by Crippen LogP contribution is 2.26. The fraction of sp³-hybridized carbons (Fsp3) is 0.125. The molecule has 5 aromatic rings. The standard InChI is InChI=1S/C24H19F2N7O/c1-13-4-7-20(14(2)8-13)32-22-17(11-29-32)23(28-12-27-22)33-21(9-15(3)31-33)30-24(34)16-5-6-18(25)19(26)10-16/h4-12H,1-3H3,(H,30,34). The van der Waals surface area contributed by atoms with E-state index < -0.39 is 17.5 Å². The molecule has 0 atom stereocenters. The van der Waals surface area contributed by atoms with Crippen LogP contribution in [0.3, 0.4) is 0 Å². The van der Waals surface area contributed by atoms with Crippen LogP contribution >= 0.6 is 0 Å². The lowest BCUT2D eigenvalue weighted by atomic mass is 10.1. The second-order valence-corrected chi connectivity index (χ2v) is 7.95. The van der Waals surface area contributed by atoms with Crippen LogP contribution in [0.25, 0.3) is 22.5 Å². The van der Waals surface area contributed by atoms with Crippen molar-refractivity contribution in [3.8, 4) is 11.5 Å². The molecular weight excluding hydrogens is 440 g/mol. The number of halogens is 2. The molecule has 1 amide bonds. The maximum atomic E-state index is 13.6. The van der Waals surface area contributed by atoms with Gasteiger partial charge in [-0.25, -0.2) is 23.4 Å². The van der Waals surface area contributed by atoms with E-state index in [1.807, 2.05) is 26.0 Å². The van der Waals surface area contributed by atoms with Crippen molar-refractivity contribution >= 4 is 22.8 Å². The highest BCUT2D eigenvalue weighted by Gasteiger charge is 2.19. The zero-order valence-corrected chi connectivity index (χ0v) is 18.5.